The number of hydrogen-bond donors (Lipinski definition) is 1. The van der Waals surface area contributed by atoms with Crippen molar-refractivity contribution < 1.29 is 24.2 Å². The first-order valence-electron chi connectivity index (χ1n) is 6.24. The highest BCUT2D eigenvalue weighted by atomic mass is 16.6. The van der Waals surface area contributed by atoms with E-state index in [-0.39, 0.29) is 24.2 Å². The standard InChI is InChI=1S/C13H13NO5/c1-2-3-7(13(17)18)14-11(15)6-4-5-8-10(19-8)9(6)12(14)16/h4-5,7-8,10H,2-3H2,1H3,(H,17,18). The molecule has 6 nitrogen and oxygen atoms in total. The Morgan fingerprint density at radius 3 is 2.84 bits per heavy atom. The molecule has 2 amide bonds. The Bertz CT molecular complexity index is 547. The number of carboxylic acid groups (broad SMARTS) is 1. The summed E-state index contributed by atoms with van der Waals surface area (Å²) in [6.45, 7) is 1.81. The summed E-state index contributed by atoms with van der Waals surface area (Å²) in [5.41, 5.74) is 0.603. The summed E-state index contributed by atoms with van der Waals surface area (Å²) in [4.78, 5) is 36.6. The molecular formula is C13H13NO5. The van der Waals surface area contributed by atoms with Gasteiger partial charge in [-0.25, -0.2) is 4.79 Å². The number of rotatable bonds is 4. The molecule has 1 saturated heterocycles. The highest BCUT2D eigenvalue weighted by molar-refractivity contribution is 6.23. The van der Waals surface area contributed by atoms with Crippen molar-refractivity contribution in [2.45, 2.75) is 38.0 Å². The maximum atomic E-state index is 12.3. The van der Waals surface area contributed by atoms with Crippen molar-refractivity contribution >= 4 is 17.8 Å². The second kappa shape index (κ2) is 4.03. The number of nitrogens with zero attached hydrogens (tertiary/aromatic N) is 1. The van der Waals surface area contributed by atoms with Crippen LogP contribution in [0.4, 0.5) is 0 Å². The first-order chi connectivity index (χ1) is 9.06. The molecule has 3 atom stereocenters. The number of epoxide rings is 1. The Morgan fingerprint density at radius 1 is 1.47 bits per heavy atom. The number of imide groups is 1. The Hall–Kier alpha value is -1.95. The minimum atomic E-state index is -1.15. The highest BCUT2D eigenvalue weighted by Crippen LogP contribution is 2.41. The van der Waals surface area contributed by atoms with Crippen LogP contribution >= 0.6 is 0 Å². The summed E-state index contributed by atoms with van der Waals surface area (Å²) in [6.07, 6.45) is 3.63. The fourth-order valence-corrected chi connectivity index (χ4v) is 2.63. The molecule has 3 aliphatic rings. The number of carbonyl (C=O) groups is 3. The predicted molar refractivity (Wildman–Crippen MR) is 63.0 cm³/mol. The van der Waals surface area contributed by atoms with Gasteiger partial charge < -0.3 is 9.84 Å². The third-order valence-corrected chi connectivity index (χ3v) is 3.61. The van der Waals surface area contributed by atoms with Crippen molar-refractivity contribution in [3.05, 3.63) is 23.3 Å². The van der Waals surface area contributed by atoms with E-state index in [1.54, 1.807) is 12.2 Å². The first kappa shape index (κ1) is 12.1. The first-order valence-corrected chi connectivity index (χ1v) is 6.24. The number of aliphatic carboxylic acids is 1. The number of carbonyl (C=O) groups excluding carboxylic acids is 2. The van der Waals surface area contributed by atoms with Crippen molar-refractivity contribution in [2.75, 3.05) is 0 Å². The van der Waals surface area contributed by atoms with Gasteiger partial charge in [0.1, 0.15) is 18.2 Å². The summed E-state index contributed by atoms with van der Waals surface area (Å²) in [7, 11) is 0. The van der Waals surface area contributed by atoms with E-state index in [0.717, 1.165) is 4.90 Å². The largest absolute Gasteiger partial charge is 0.480 e. The second-order valence-corrected chi connectivity index (χ2v) is 4.83. The monoisotopic (exact) mass is 263 g/mol. The minimum Gasteiger partial charge on any atom is -0.480 e. The van der Waals surface area contributed by atoms with Crippen LogP contribution in [0.3, 0.4) is 0 Å². The third kappa shape index (κ3) is 1.63. The maximum Gasteiger partial charge on any atom is 0.326 e. The van der Waals surface area contributed by atoms with Crippen LogP contribution in [0.2, 0.25) is 0 Å². The molecule has 100 valence electrons. The lowest BCUT2D eigenvalue weighted by Crippen LogP contribution is -2.46. The molecule has 0 radical (unpaired) electrons. The number of hydrogen-bond acceptors (Lipinski definition) is 4. The number of carboxylic acids is 1. The Morgan fingerprint density at radius 2 is 2.21 bits per heavy atom. The topological polar surface area (TPSA) is 87.2 Å². The lowest BCUT2D eigenvalue weighted by atomic mass is 10.00. The van der Waals surface area contributed by atoms with Gasteiger partial charge in [0.15, 0.2) is 0 Å². The number of fused-ring (bicyclic) bond motifs is 2. The van der Waals surface area contributed by atoms with Gasteiger partial charge in [0.05, 0.1) is 11.1 Å². The van der Waals surface area contributed by atoms with Crippen LogP contribution in [-0.2, 0) is 19.1 Å². The Kier molecular flexibility index (Phi) is 2.56. The molecule has 19 heavy (non-hydrogen) atoms. The Balaban J connectivity index is 1.94. The van der Waals surface area contributed by atoms with Crippen LogP contribution in [0.5, 0.6) is 0 Å². The van der Waals surface area contributed by atoms with Crippen LogP contribution in [0.25, 0.3) is 0 Å². The van der Waals surface area contributed by atoms with Gasteiger partial charge in [-0.3, -0.25) is 14.5 Å². The average molecular weight is 263 g/mol. The fraction of sp³-hybridized carbons (Fsp3) is 0.462. The molecule has 3 unspecified atom stereocenters. The van der Waals surface area contributed by atoms with Crippen LogP contribution in [0.1, 0.15) is 19.8 Å². The lowest BCUT2D eigenvalue weighted by Gasteiger charge is -2.22. The Labute approximate surface area is 109 Å². The summed E-state index contributed by atoms with van der Waals surface area (Å²) in [5.74, 6) is -2.19. The van der Waals surface area contributed by atoms with E-state index in [9.17, 15) is 19.5 Å². The summed E-state index contributed by atoms with van der Waals surface area (Å²) < 4.78 is 5.27. The van der Waals surface area contributed by atoms with Crippen LogP contribution in [0, 0.1) is 0 Å². The molecule has 1 aliphatic carbocycles. The van der Waals surface area contributed by atoms with Gasteiger partial charge in [0.25, 0.3) is 11.8 Å². The molecule has 6 heteroatoms. The quantitative estimate of drug-likeness (QED) is 0.580. The SMILES string of the molecule is CCCC(C(=O)O)N1C(=O)C2=C(C1=O)C1OC1C=C2. The van der Waals surface area contributed by atoms with Gasteiger partial charge in [0, 0.05) is 0 Å². The molecule has 0 aromatic rings. The summed E-state index contributed by atoms with van der Waals surface area (Å²) in [6, 6.07) is -1.10. The van der Waals surface area contributed by atoms with E-state index in [0.29, 0.717) is 12.0 Å². The lowest BCUT2D eigenvalue weighted by molar-refractivity contribution is -0.154. The van der Waals surface area contributed by atoms with Gasteiger partial charge in [-0.2, -0.15) is 0 Å². The molecule has 0 saturated carbocycles. The van der Waals surface area contributed by atoms with Gasteiger partial charge >= 0.3 is 5.97 Å². The molecule has 0 aromatic heterocycles. The molecule has 2 heterocycles. The molecule has 0 aromatic carbocycles. The maximum absolute atomic E-state index is 12.3. The van der Waals surface area contributed by atoms with E-state index in [1.165, 1.54) is 0 Å². The average Bonchev–Trinajstić information content (AvgIpc) is 3.10. The van der Waals surface area contributed by atoms with Crippen LogP contribution in [-0.4, -0.2) is 46.0 Å². The van der Waals surface area contributed by atoms with Crippen molar-refractivity contribution in [3.63, 3.8) is 0 Å². The van der Waals surface area contributed by atoms with E-state index in [4.69, 9.17) is 4.74 Å². The summed E-state index contributed by atoms with van der Waals surface area (Å²) >= 11 is 0. The van der Waals surface area contributed by atoms with E-state index >= 15 is 0 Å². The molecule has 0 bridgehead atoms. The van der Waals surface area contributed by atoms with Gasteiger partial charge in [-0.15, -0.1) is 0 Å². The molecule has 1 N–H and O–H groups in total. The zero-order chi connectivity index (χ0) is 13.7. The second-order valence-electron chi connectivity index (χ2n) is 4.83. The van der Waals surface area contributed by atoms with Crippen molar-refractivity contribution in [1.82, 2.24) is 4.90 Å². The highest BCUT2D eigenvalue weighted by Gasteiger charge is 2.54. The van der Waals surface area contributed by atoms with Gasteiger partial charge in [-0.05, 0) is 6.42 Å². The number of amides is 2. The van der Waals surface area contributed by atoms with Gasteiger partial charge in [0.2, 0.25) is 0 Å². The van der Waals surface area contributed by atoms with Gasteiger partial charge in [-0.1, -0.05) is 25.5 Å². The molecular weight excluding hydrogens is 250 g/mol. The molecule has 1 fully saturated rings. The summed E-state index contributed by atoms with van der Waals surface area (Å²) in [5, 5.41) is 9.20. The molecule has 3 rings (SSSR count). The fourth-order valence-electron chi connectivity index (χ4n) is 2.63. The third-order valence-electron chi connectivity index (χ3n) is 3.61. The van der Waals surface area contributed by atoms with Crippen LogP contribution < -0.4 is 0 Å². The molecule has 2 aliphatic heterocycles. The molecule has 0 spiro atoms. The van der Waals surface area contributed by atoms with E-state index < -0.39 is 23.8 Å². The van der Waals surface area contributed by atoms with E-state index in [1.807, 2.05) is 6.92 Å². The zero-order valence-corrected chi connectivity index (χ0v) is 10.3. The van der Waals surface area contributed by atoms with Crippen LogP contribution in [0.15, 0.2) is 23.3 Å². The minimum absolute atomic E-state index is 0.134. The zero-order valence-electron chi connectivity index (χ0n) is 10.3. The normalized spacial score (nSPS) is 29.4. The van der Waals surface area contributed by atoms with Crippen molar-refractivity contribution in [3.8, 4) is 0 Å². The predicted octanol–water partition coefficient (Wildman–Crippen LogP) is 0.242. The van der Waals surface area contributed by atoms with Crippen molar-refractivity contribution in [1.29, 1.82) is 0 Å². The van der Waals surface area contributed by atoms with E-state index in [2.05, 4.69) is 0 Å². The number of ether oxygens (including phenoxy) is 1. The van der Waals surface area contributed by atoms with Crippen molar-refractivity contribution in [2.24, 2.45) is 0 Å². The smallest absolute Gasteiger partial charge is 0.326 e.